The largest absolute Gasteiger partial charge is 0.508 e. The van der Waals surface area contributed by atoms with Crippen LogP contribution in [0.2, 0.25) is 5.02 Å². The van der Waals surface area contributed by atoms with Crippen LogP contribution >= 0.6 is 11.6 Å². The fourth-order valence-electron chi connectivity index (χ4n) is 1.89. The Labute approximate surface area is 115 Å². The van der Waals surface area contributed by atoms with Gasteiger partial charge in [0.1, 0.15) is 18.1 Å². The van der Waals surface area contributed by atoms with Crippen molar-refractivity contribution in [3.8, 4) is 11.5 Å². The van der Waals surface area contributed by atoms with E-state index in [0.717, 1.165) is 10.9 Å². The number of halogens is 1. The van der Waals surface area contributed by atoms with Gasteiger partial charge in [0, 0.05) is 10.9 Å². The smallest absolute Gasteiger partial charge is 0.152 e. The molecule has 0 radical (unpaired) electrons. The number of rotatable bonds is 3. The first-order valence-corrected chi connectivity index (χ1v) is 6.18. The number of fused-ring (bicyclic) bond motifs is 1. The van der Waals surface area contributed by atoms with Crippen LogP contribution in [0.4, 0.5) is 0 Å². The summed E-state index contributed by atoms with van der Waals surface area (Å²) in [6.07, 6.45) is 1.65. The molecule has 0 aliphatic carbocycles. The number of hydrogen-bond donors (Lipinski definition) is 1. The molecule has 1 heterocycles. The van der Waals surface area contributed by atoms with E-state index >= 15 is 0 Å². The highest BCUT2D eigenvalue weighted by Crippen LogP contribution is 2.28. The van der Waals surface area contributed by atoms with Gasteiger partial charge >= 0.3 is 0 Å². The van der Waals surface area contributed by atoms with Gasteiger partial charge in [0.15, 0.2) is 5.58 Å². The van der Waals surface area contributed by atoms with Gasteiger partial charge in [-0.3, -0.25) is 0 Å². The molecule has 0 saturated carbocycles. The van der Waals surface area contributed by atoms with E-state index in [0.29, 0.717) is 23.0 Å². The Morgan fingerprint density at radius 3 is 2.68 bits per heavy atom. The molecule has 96 valence electrons. The summed E-state index contributed by atoms with van der Waals surface area (Å²) in [6, 6.07) is 12.2. The molecule has 1 aromatic heterocycles. The third kappa shape index (κ3) is 2.37. The zero-order valence-corrected chi connectivity index (χ0v) is 10.7. The van der Waals surface area contributed by atoms with Crippen LogP contribution in [0.25, 0.3) is 11.0 Å². The predicted molar refractivity (Wildman–Crippen MR) is 73.7 cm³/mol. The molecule has 3 rings (SSSR count). The van der Waals surface area contributed by atoms with Crippen molar-refractivity contribution in [1.82, 2.24) is 0 Å². The maximum Gasteiger partial charge on any atom is 0.152 e. The fourth-order valence-corrected chi connectivity index (χ4v) is 2.11. The summed E-state index contributed by atoms with van der Waals surface area (Å²) in [5.41, 5.74) is 1.61. The average molecular weight is 275 g/mol. The van der Waals surface area contributed by atoms with Crippen molar-refractivity contribution in [3.05, 3.63) is 59.3 Å². The minimum absolute atomic E-state index is 0.216. The van der Waals surface area contributed by atoms with Crippen molar-refractivity contribution in [1.29, 1.82) is 0 Å². The molecule has 1 N–H and O–H groups in total. The average Bonchev–Trinajstić information content (AvgIpc) is 2.83. The van der Waals surface area contributed by atoms with E-state index in [9.17, 15) is 5.11 Å². The molecule has 0 amide bonds. The molecule has 0 saturated heterocycles. The minimum atomic E-state index is 0.216. The van der Waals surface area contributed by atoms with Gasteiger partial charge in [-0.15, -0.1) is 0 Å². The number of hydrogen-bond acceptors (Lipinski definition) is 3. The molecule has 0 spiro atoms. The number of benzene rings is 2. The Balaban J connectivity index is 1.82. The van der Waals surface area contributed by atoms with Crippen LogP contribution in [-0.2, 0) is 6.61 Å². The van der Waals surface area contributed by atoms with E-state index in [1.807, 2.05) is 12.1 Å². The van der Waals surface area contributed by atoms with E-state index in [1.54, 1.807) is 36.6 Å². The number of phenols is 1. The molecule has 19 heavy (non-hydrogen) atoms. The molecule has 3 aromatic rings. The number of phenolic OH excluding ortho intramolecular Hbond substituents is 1. The summed E-state index contributed by atoms with van der Waals surface area (Å²) >= 11 is 6.04. The van der Waals surface area contributed by atoms with Crippen LogP contribution in [0.5, 0.6) is 11.5 Å². The SMILES string of the molecule is Oc1ccc(OCc2coc3c(Cl)cccc23)cc1. The molecule has 0 aliphatic rings. The maximum absolute atomic E-state index is 9.20. The monoisotopic (exact) mass is 274 g/mol. The lowest BCUT2D eigenvalue weighted by molar-refractivity contribution is 0.305. The first-order chi connectivity index (χ1) is 9.24. The standard InChI is InChI=1S/C15H11ClO3/c16-14-3-1-2-13-10(9-19-15(13)14)8-18-12-6-4-11(17)5-7-12/h1-7,9,17H,8H2. The van der Waals surface area contributed by atoms with Gasteiger partial charge in [0.25, 0.3) is 0 Å². The van der Waals surface area contributed by atoms with Gasteiger partial charge in [0.05, 0.1) is 11.3 Å². The third-order valence-corrected chi connectivity index (χ3v) is 3.16. The fraction of sp³-hybridized carbons (Fsp3) is 0.0667. The molecule has 0 aliphatic heterocycles. The topological polar surface area (TPSA) is 42.6 Å². The molecule has 0 atom stereocenters. The minimum Gasteiger partial charge on any atom is -0.508 e. The number of furan rings is 1. The maximum atomic E-state index is 9.20. The van der Waals surface area contributed by atoms with Gasteiger partial charge in [-0.1, -0.05) is 23.7 Å². The van der Waals surface area contributed by atoms with Crippen molar-refractivity contribution >= 4 is 22.6 Å². The number of para-hydroxylation sites is 1. The summed E-state index contributed by atoms with van der Waals surface area (Å²) in [6.45, 7) is 0.387. The van der Waals surface area contributed by atoms with Crippen molar-refractivity contribution in [2.75, 3.05) is 0 Å². The van der Waals surface area contributed by atoms with E-state index in [2.05, 4.69) is 0 Å². The second kappa shape index (κ2) is 4.86. The van der Waals surface area contributed by atoms with Crippen LogP contribution in [0.3, 0.4) is 0 Å². The highest BCUT2D eigenvalue weighted by molar-refractivity contribution is 6.34. The lowest BCUT2D eigenvalue weighted by atomic mass is 10.2. The highest BCUT2D eigenvalue weighted by atomic mass is 35.5. The first-order valence-electron chi connectivity index (χ1n) is 5.80. The van der Waals surface area contributed by atoms with E-state index in [4.69, 9.17) is 20.8 Å². The molecule has 4 heteroatoms. The van der Waals surface area contributed by atoms with Gasteiger partial charge in [-0.05, 0) is 30.3 Å². The normalized spacial score (nSPS) is 10.8. The molecule has 0 fully saturated rings. The summed E-state index contributed by atoms with van der Waals surface area (Å²) < 4.78 is 11.1. The summed E-state index contributed by atoms with van der Waals surface area (Å²) in [4.78, 5) is 0. The first kappa shape index (κ1) is 11.9. The van der Waals surface area contributed by atoms with Crippen LogP contribution in [-0.4, -0.2) is 5.11 Å². The van der Waals surface area contributed by atoms with E-state index in [1.165, 1.54) is 0 Å². The zero-order valence-electron chi connectivity index (χ0n) is 9.97. The second-order valence-corrected chi connectivity index (χ2v) is 4.57. The van der Waals surface area contributed by atoms with Crippen molar-refractivity contribution < 1.29 is 14.3 Å². The Bertz CT molecular complexity index is 701. The molecular weight excluding hydrogens is 264 g/mol. The lowest BCUT2D eigenvalue weighted by Crippen LogP contribution is -1.93. The number of ether oxygens (including phenoxy) is 1. The molecule has 3 nitrogen and oxygen atoms in total. The van der Waals surface area contributed by atoms with Crippen LogP contribution in [0.1, 0.15) is 5.56 Å². The molecule has 0 unspecified atom stereocenters. The highest BCUT2D eigenvalue weighted by Gasteiger charge is 2.09. The van der Waals surface area contributed by atoms with Crippen LogP contribution in [0.15, 0.2) is 53.1 Å². The Morgan fingerprint density at radius 2 is 1.89 bits per heavy atom. The summed E-state index contributed by atoms with van der Waals surface area (Å²) in [5, 5.41) is 10.7. The molecule has 2 aromatic carbocycles. The quantitative estimate of drug-likeness (QED) is 0.771. The summed E-state index contributed by atoms with van der Waals surface area (Å²) in [5.74, 6) is 0.905. The Morgan fingerprint density at radius 1 is 1.11 bits per heavy atom. The van der Waals surface area contributed by atoms with Gasteiger partial charge in [0.2, 0.25) is 0 Å². The van der Waals surface area contributed by atoms with Gasteiger partial charge in [-0.25, -0.2) is 0 Å². The lowest BCUT2D eigenvalue weighted by Gasteiger charge is -2.04. The molecular formula is C15H11ClO3. The Kier molecular flexibility index (Phi) is 3.05. The van der Waals surface area contributed by atoms with Gasteiger partial charge < -0.3 is 14.3 Å². The Hall–Kier alpha value is -2.13. The van der Waals surface area contributed by atoms with Crippen molar-refractivity contribution in [2.45, 2.75) is 6.61 Å². The third-order valence-electron chi connectivity index (χ3n) is 2.86. The summed E-state index contributed by atoms with van der Waals surface area (Å²) in [7, 11) is 0. The number of aromatic hydroxyl groups is 1. The zero-order chi connectivity index (χ0) is 13.2. The second-order valence-electron chi connectivity index (χ2n) is 4.16. The van der Waals surface area contributed by atoms with Crippen molar-refractivity contribution in [2.24, 2.45) is 0 Å². The molecule has 0 bridgehead atoms. The predicted octanol–water partition coefficient (Wildman–Crippen LogP) is 4.37. The van der Waals surface area contributed by atoms with Crippen molar-refractivity contribution in [3.63, 3.8) is 0 Å². The van der Waals surface area contributed by atoms with Crippen LogP contribution < -0.4 is 4.74 Å². The van der Waals surface area contributed by atoms with Crippen LogP contribution in [0, 0.1) is 0 Å². The van der Waals surface area contributed by atoms with E-state index in [-0.39, 0.29) is 5.75 Å². The van der Waals surface area contributed by atoms with Gasteiger partial charge in [-0.2, -0.15) is 0 Å². The van der Waals surface area contributed by atoms with E-state index < -0.39 is 0 Å².